The lowest BCUT2D eigenvalue weighted by Crippen LogP contribution is -2.29. The summed E-state index contributed by atoms with van der Waals surface area (Å²) >= 11 is 5.99. The van der Waals surface area contributed by atoms with Gasteiger partial charge in [0.25, 0.3) is 5.69 Å². The van der Waals surface area contributed by atoms with Crippen molar-refractivity contribution in [3.05, 3.63) is 38.9 Å². The van der Waals surface area contributed by atoms with Gasteiger partial charge in [0.2, 0.25) is 0 Å². The highest BCUT2D eigenvalue weighted by atomic mass is 35.5. The third kappa shape index (κ3) is 4.25. The van der Waals surface area contributed by atoms with Gasteiger partial charge in [0.05, 0.1) is 15.5 Å². The highest BCUT2D eigenvalue weighted by Gasteiger charge is 2.15. The number of nitro groups is 1. The average Bonchev–Trinajstić information content (AvgIpc) is 2.35. The van der Waals surface area contributed by atoms with Crippen molar-refractivity contribution in [2.75, 3.05) is 26.7 Å². The van der Waals surface area contributed by atoms with Gasteiger partial charge >= 0.3 is 0 Å². The zero-order chi connectivity index (χ0) is 13.5. The van der Waals surface area contributed by atoms with Crippen molar-refractivity contribution in [3.8, 4) is 0 Å². The Bertz CT molecular complexity index is 412. The smallest absolute Gasteiger partial charge is 0.275 e. The number of halogens is 1. The minimum Gasteiger partial charge on any atom is -0.311 e. The highest BCUT2D eigenvalue weighted by molar-refractivity contribution is 6.31. The number of likely N-dealkylation sites (N-methyl/N-ethyl adjacent to an activating group) is 1. The topological polar surface area (TPSA) is 58.4 Å². The Morgan fingerprint density at radius 3 is 2.83 bits per heavy atom. The number of benzene rings is 1. The third-order valence-electron chi connectivity index (χ3n) is 2.80. The molecule has 0 spiro atoms. The summed E-state index contributed by atoms with van der Waals surface area (Å²) in [6.07, 6.45) is 0. The molecule has 18 heavy (non-hydrogen) atoms. The molecule has 1 rings (SSSR count). The average molecular weight is 272 g/mol. The van der Waals surface area contributed by atoms with Crippen LogP contribution in [0.1, 0.15) is 12.5 Å². The normalized spacial score (nSPS) is 10.9. The standard InChI is InChI=1S/C12H18ClN3O2/c1-3-15(2)8-7-14-9-10-11(13)5-4-6-12(10)16(17)18/h4-6,14H,3,7-9H2,1-2H3. The summed E-state index contributed by atoms with van der Waals surface area (Å²) in [5.41, 5.74) is 0.613. The maximum absolute atomic E-state index is 10.9. The highest BCUT2D eigenvalue weighted by Crippen LogP contribution is 2.25. The summed E-state index contributed by atoms with van der Waals surface area (Å²) in [6, 6.07) is 4.74. The second kappa shape index (κ2) is 7.31. The van der Waals surface area contributed by atoms with Crippen LogP contribution in [0.25, 0.3) is 0 Å². The van der Waals surface area contributed by atoms with Gasteiger partial charge in [-0.15, -0.1) is 0 Å². The zero-order valence-corrected chi connectivity index (χ0v) is 11.4. The molecule has 5 nitrogen and oxygen atoms in total. The molecule has 6 heteroatoms. The Kier molecular flexibility index (Phi) is 6.04. The van der Waals surface area contributed by atoms with E-state index in [-0.39, 0.29) is 5.69 Å². The molecule has 0 saturated carbocycles. The molecule has 0 fully saturated rings. The van der Waals surface area contributed by atoms with Crippen molar-refractivity contribution in [1.82, 2.24) is 10.2 Å². The first-order valence-corrected chi connectivity index (χ1v) is 6.25. The predicted octanol–water partition coefficient (Wildman–Crippen LogP) is 2.29. The van der Waals surface area contributed by atoms with Gasteiger partial charge in [-0.3, -0.25) is 10.1 Å². The largest absolute Gasteiger partial charge is 0.311 e. The predicted molar refractivity (Wildman–Crippen MR) is 73.0 cm³/mol. The van der Waals surface area contributed by atoms with Crippen LogP contribution in [0, 0.1) is 10.1 Å². The number of rotatable bonds is 7. The van der Waals surface area contributed by atoms with Crippen molar-refractivity contribution in [2.24, 2.45) is 0 Å². The molecular weight excluding hydrogens is 254 g/mol. The van der Waals surface area contributed by atoms with E-state index in [1.807, 2.05) is 7.05 Å². The van der Waals surface area contributed by atoms with Crippen molar-refractivity contribution in [1.29, 1.82) is 0 Å². The monoisotopic (exact) mass is 271 g/mol. The Hall–Kier alpha value is -1.17. The summed E-state index contributed by atoms with van der Waals surface area (Å²) in [5.74, 6) is 0. The molecule has 100 valence electrons. The molecule has 0 aliphatic rings. The summed E-state index contributed by atoms with van der Waals surface area (Å²) < 4.78 is 0. The van der Waals surface area contributed by atoms with E-state index >= 15 is 0 Å². The quantitative estimate of drug-likeness (QED) is 0.470. The summed E-state index contributed by atoms with van der Waals surface area (Å²) in [6.45, 7) is 5.14. The summed E-state index contributed by atoms with van der Waals surface area (Å²) in [4.78, 5) is 12.6. The third-order valence-corrected chi connectivity index (χ3v) is 3.16. The number of nitro benzene ring substituents is 1. The first-order chi connectivity index (χ1) is 8.56. The Labute approximate surface area is 112 Å². The second-order valence-corrected chi connectivity index (χ2v) is 4.47. The molecule has 0 bridgehead atoms. The maximum atomic E-state index is 10.9. The molecule has 0 aromatic heterocycles. The van der Waals surface area contributed by atoms with Gasteiger partial charge in [-0.2, -0.15) is 0 Å². The Balaban J connectivity index is 2.59. The minimum atomic E-state index is -0.402. The lowest BCUT2D eigenvalue weighted by Gasteiger charge is -2.14. The lowest BCUT2D eigenvalue weighted by molar-refractivity contribution is -0.385. The van der Waals surface area contributed by atoms with Crippen LogP contribution in [0.3, 0.4) is 0 Å². The molecule has 1 N–H and O–H groups in total. The van der Waals surface area contributed by atoms with Gasteiger partial charge in [-0.05, 0) is 19.7 Å². The first-order valence-electron chi connectivity index (χ1n) is 5.87. The molecule has 0 heterocycles. The summed E-state index contributed by atoms with van der Waals surface area (Å²) in [7, 11) is 2.03. The minimum absolute atomic E-state index is 0.0684. The molecule has 0 amide bonds. The molecule has 1 aromatic rings. The van der Waals surface area contributed by atoms with Crippen molar-refractivity contribution < 1.29 is 4.92 Å². The lowest BCUT2D eigenvalue weighted by atomic mass is 10.2. The van der Waals surface area contributed by atoms with Gasteiger partial charge < -0.3 is 10.2 Å². The van der Waals surface area contributed by atoms with Gasteiger partial charge in [0.1, 0.15) is 0 Å². The van der Waals surface area contributed by atoms with E-state index in [4.69, 9.17) is 11.6 Å². The number of hydrogen-bond donors (Lipinski definition) is 1. The maximum Gasteiger partial charge on any atom is 0.275 e. The van der Waals surface area contributed by atoms with Crippen molar-refractivity contribution in [3.63, 3.8) is 0 Å². The Morgan fingerprint density at radius 2 is 2.22 bits per heavy atom. The van der Waals surface area contributed by atoms with Crippen LogP contribution in [0.4, 0.5) is 5.69 Å². The van der Waals surface area contributed by atoms with Crippen molar-refractivity contribution >= 4 is 17.3 Å². The van der Waals surface area contributed by atoms with Gasteiger partial charge in [-0.1, -0.05) is 24.6 Å². The fourth-order valence-corrected chi connectivity index (χ4v) is 1.77. The number of nitrogens with one attached hydrogen (secondary N) is 1. The van der Waals surface area contributed by atoms with E-state index in [1.165, 1.54) is 6.07 Å². The molecule has 0 unspecified atom stereocenters. The van der Waals surface area contributed by atoms with E-state index < -0.39 is 4.92 Å². The molecule has 0 saturated heterocycles. The van der Waals surface area contributed by atoms with E-state index in [9.17, 15) is 10.1 Å². The van der Waals surface area contributed by atoms with Crippen LogP contribution in [0.2, 0.25) is 5.02 Å². The number of nitrogens with zero attached hydrogens (tertiary/aromatic N) is 2. The molecule has 1 aromatic carbocycles. The summed E-state index contributed by atoms with van der Waals surface area (Å²) in [5, 5.41) is 14.5. The van der Waals surface area contributed by atoms with E-state index in [0.29, 0.717) is 17.1 Å². The molecule has 0 aliphatic carbocycles. The van der Waals surface area contributed by atoms with E-state index in [0.717, 1.165) is 19.6 Å². The first kappa shape index (κ1) is 14.9. The van der Waals surface area contributed by atoms with Crippen LogP contribution >= 0.6 is 11.6 Å². The Morgan fingerprint density at radius 1 is 1.50 bits per heavy atom. The fraction of sp³-hybridized carbons (Fsp3) is 0.500. The molecule has 0 atom stereocenters. The molecular formula is C12H18ClN3O2. The van der Waals surface area contributed by atoms with Crippen LogP contribution < -0.4 is 5.32 Å². The fourth-order valence-electron chi connectivity index (χ4n) is 1.53. The number of hydrogen-bond acceptors (Lipinski definition) is 4. The second-order valence-electron chi connectivity index (χ2n) is 4.07. The SMILES string of the molecule is CCN(C)CCNCc1c(Cl)cccc1[N+](=O)[O-]. The van der Waals surface area contributed by atoms with Crippen molar-refractivity contribution in [2.45, 2.75) is 13.5 Å². The zero-order valence-electron chi connectivity index (χ0n) is 10.6. The van der Waals surface area contributed by atoms with Crippen LogP contribution in [-0.4, -0.2) is 36.5 Å². The van der Waals surface area contributed by atoms with E-state index in [2.05, 4.69) is 17.1 Å². The van der Waals surface area contributed by atoms with Crippen LogP contribution in [0.15, 0.2) is 18.2 Å². The van der Waals surface area contributed by atoms with Gasteiger partial charge in [0, 0.05) is 25.7 Å². The molecule has 0 radical (unpaired) electrons. The van der Waals surface area contributed by atoms with Gasteiger partial charge in [-0.25, -0.2) is 0 Å². The van der Waals surface area contributed by atoms with Crippen LogP contribution in [0.5, 0.6) is 0 Å². The molecule has 0 aliphatic heterocycles. The van der Waals surface area contributed by atoms with E-state index in [1.54, 1.807) is 12.1 Å². The van der Waals surface area contributed by atoms with Gasteiger partial charge in [0.15, 0.2) is 0 Å². The van der Waals surface area contributed by atoms with Crippen LogP contribution in [-0.2, 0) is 6.54 Å².